The molecule has 0 aliphatic heterocycles. The molecule has 2 atom stereocenters. The van der Waals surface area contributed by atoms with Crippen molar-refractivity contribution >= 4 is 40.1 Å². The van der Waals surface area contributed by atoms with Gasteiger partial charge in [-0.15, -0.1) is 11.3 Å². The summed E-state index contributed by atoms with van der Waals surface area (Å²) in [5, 5.41) is 7.27. The molecule has 246 valence electrons. The molecule has 4 aromatic rings. The largest absolute Gasteiger partial charge is 0.444 e. The lowest BCUT2D eigenvalue weighted by atomic mass is 10.1. The normalized spacial score (nSPS) is 17.1. The SMILES string of the molecule is C/C=C(\C)CCN(CCCNC[C@@H]1CC[C@H](n2cc(-c3cc(Cc4ccccc4)cs3)c3cnc(Cl)nc32)C1)C(=O)OC(C)(C)C. The van der Waals surface area contributed by atoms with Gasteiger partial charge in [-0.1, -0.05) is 42.0 Å². The van der Waals surface area contributed by atoms with Gasteiger partial charge in [-0.2, -0.15) is 4.98 Å². The summed E-state index contributed by atoms with van der Waals surface area (Å²) in [5.41, 5.74) is 5.51. The monoisotopic (exact) mass is 661 g/mol. The molecule has 1 aromatic carbocycles. The van der Waals surface area contributed by atoms with Gasteiger partial charge in [0.15, 0.2) is 0 Å². The molecule has 0 spiro atoms. The van der Waals surface area contributed by atoms with E-state index in [1.807, 2.05) is 38.8 Å². The van der Waals surface area contributed by atoms with Crippen molar-refractivity contribution in [1.29, 1.82) is 0 Å². The molecule has 3 aromatic heterocycles. The molecular formula is C37H48ClN5O2S. The molecule has 3 heterocycles. The molecule has 0 saturated heterocycles. The summed E-state index contributed by atoms with van der Waals surface area (Å²) < 4.78 is 8.03. The Kier molecular flexibility index (Phi) is 11.6. The van der Waals surface area contributed by atoms with Crippen LogP contribution in [0.3, 0.4) is 0 Å². The molecule has 0 bridgehead atoms. The Labute approximate surface area is 283 Å². The van der Waals surface area contributed by atoms with Crippen LogP contribution in [0.4, 0.5) is 4.79 Å². The summed E-state index contributed by atoms with van der Waals surface area (Å²) in [7, 11) is 0. The Morgan fingerprint density at radius 1 is 1.20 bits per heavy atom. The predicted molar refractivity (Wildman–Crippen MR) is 191 cm³/mol. The van der Waals surface area contributed by atoms with Crippen LogP contribution < -0.4 is 5.32 Å². The zero-order chi connectivity index (χ0) is 32.7. The molecule has 1 aliphatic carbocycles. The molecule has 1 saturated carbocycles. The number of fused-ring (bicyclic) bond motifs is 1. The molecule has 1 fully saturated rings. The van der Waals surface area contributed by atoms with E-state index in [4.69, 9.17) is 21.3 Å². The standard InChI is InChI=1S/C37H48ClN5O2S/c1-6-26(2)15-18-42(36(44)45-37(3,4)5)17-10-16-39-22-28-13-14-30(20-28)43-24-32(31-23-40-35(38)41-34(31)43)33-21-29(25-46-33)19-27-11-8-7-9-12-27/h6-9,11-12,21,23-25,28,30,39H,10,13-20,22H2,1-5H3/b26-6+/t28-,30+/m1/s1. The first kappa shape index (κ1) is 34.1. The van der Waals surface area contributed by atoms with Gasteiger partial charge in [-0.25, -0.2) is 9.78 Å². The third-order valence-corrected chi connectivity index (χ3v) is 9.95. The topological polar surface area (TPSA) is 72.3 Å². The van der Waals surface area contributed by atoms with Gasteiger partial charge in [0, 0.05) is 47.4 Å². The first-order chi connectivity index (χ1) is 22.1. The maximum absolute atomic E-state index is 12.8. The Morgan fingerprint density at radius 2 is 2.00 bits per heavy atom. The average molecular weight is 662 g/mol. The lowest BCUT2D eigenvalue weighted by Crippen LogP contribution is -2.39. The average Bonchev–Trinajstić information content (AvgIpc) is 3.76. The van der Waals surface area contributed by atoms with Crippen molar-refractivity contribution in [3.05, 3.63) is 82.2 Å². The molecule has 9 heteroatoms. The first-order valence-corrected chi connectivity index (χ1v) is 17.8. The van der Waals surface area contributed by atoms with E-state index in [0.29, 0.717) is 25.0 Å². The lowest BCUT2D eigenvalue weighted by Gasteiger charge is -2.27. The van der Waals surface area contributed by atoms with E-state index in [9.17, 15) is 4.79 Å². The van der Waals surface area contributed by atoms with Crippen molar-refractivity contribution < 1.29 is 9.53 Å². The Hall–Kier alpha value is -3.20. The summed E-state index contributed by atoms with van der Waals surface area (Å²) in [6.07, 6.45) is 12.1. The fourth-order valence-corrected chi connectivity index (χ4v) is 7.26. The highest BCUT2D eigenvalue weighted by molar-refractivity contribution is 7.13. The number of hydrogen-bond acceptors (Lipinski definition) is 6. The number of benzene rings is 1. The zero-order valence-corrected chi connectivity index (χ0v) is 29.5. The van der Waals surface area contributed by atoms with Crippen LogP contribution in [0.15, 0.2) is 65.8 Å². The van der Waals surface area contributed by atoms with Gasteiger partial charge in [0.2, 0.25) is 5.28 Å². The Bertz CT molecular complexity index is 1620. The summed E-state index contributed by atoms with van der Waals surface area (Å²) >= 11 is 8.09. The molecule has 1 N–H and O–H groups in total. The van der Waals surface area contributed by atoms with Crippen molar-refractivity contribution in [3.8, 4) is 10.4 Å². The molecule has 46 heavy (non-hydrogen) atoms. The minimum atomic E-state index is -0.500. The van der Waals surface area contributed by atoms with Crippen LogP contribution in [-0.4, -0.2) is 57.3 Å². The van der Waals surface area contributed by atoms with E-state index in [2.05, 4.69) is 75.8 Å². The van der Waals surface area contributed by atoms with Crippen LogP contribution in [0.25, 0.3) is 21.5 Å². The highest BCUT2D eigenvalue weighted by Gasteiger charge is 2.28. The maximum Gasteiger partial charge on any atom is 0.410 e. The second-order valence-corrected chi connectivity index (χ2v) is 14.8. The molecule has 1 aliphatic rings. The lowest BCUT2D eigenvalue weighted by molar-refractivity contribution is 0.0250. The number of hydrogen-bond donors (Lipinski definition) is 1. The number of ether oxygens (including phenoxy) is 1. The molecule has 7 nitrogen and oxygen atoms in total. The van der Waals surface area contributed by atoms with Gasteiger partial charge < -0.3 is 19.5 Å². The number of thiophene rings is 1. The molecule has 1 amide bonds. The Balaban J connectivity index is 1.17. The van der Waals surface area contributed by atoms with E-state index in [-0.39, 0.29) is 11.4 Å². The van der Waals surface area contributed by atoms with Crippen LogP contribution in [-0.2, 0) is 11.2 Å². The number of carbonyl (C=O) groups excluding carboxylic acids is 1. The van der Waals surface area contributed by atoms with Crippen molar-refractivity contribution in [2.75, 3.05) is 26.2 Å². The van der Waals surface area contributed by atoms with Crippen LogP contribution in [0.5, 0.6) is 0 Å². The van der Waals surface area contributed by atoms with E-state index < -0.39 is 5.60 Å². The number of carbonyl (C=O) groups is 1. The number of amides is 1. The van der Waals surface area contributed by atoms with Crippen molar-refractivity contribution in [2.45, 2.75) is 84.8 Å². The fraction of sp³-hybridized carbons (Fsp3) is 0.486. The molecule has 0 radical (unpaired) electrons. The van der Waals surface area contributed by atoms with E-state index in [0.717, 1.165) is 56.2 Å². The van der Waals surface area contributed by atoms with Gasteiger partial charge in [-0.05, 0) is 126 Å². The molecular weight excluding hydrogens is 614 g/mol. The van der Waals surface area contributed by atoms with Crippen LogP contribution in [0.1, 0.15) is 83.9 Å². The van der Waals surface area contributed by atoms with Gasteiger partial charge >= 0.3 is 6.09 Å². The third-order valence-electron chi connectivity index (χ3n) is 8.75. The van der Waals surface area contributed by atoms with Gasteiger partial charge in [0.1, 0.15) is 11.2 Å². The van der Waals surface area contributed by atoms with E-state index in [1.54, 1.807) is 11.3 Å². The molecule has 5 rings (SSSR count). The van der Waals surface area contributed by atoms with Crippen molar-refractivity contribution in [1.82, 2.24) is 24.8 Å². The van der Waals surface area contributed by atoms with Crippen LogP contribution in [0.2, 0.25) is 5.28 Å². The quantitative estimate of drug-likeness (QED) is 0.0878. The van der Waals surface area contributed by atoms with Gasteiger partial charge in [0.25, 0.3) is 0 Å². The minimum absolute atomic E-state index is 0.229. The van der Waals surface area contributed by atoms with E-state index >= 15 is 0 Å². The van der Waals surface area contributed by atoms with Gasteiger partial charge in [-0.3, -0.25) is 0 Å². The number of rotatable bonds is 13. The number of nitrogens with zero attached hydrogens (tertiary/aromatic N) is 4. The first-order valence-electron chi connectivity index (χ1n) is 16.5. The third kappa shape index (κ3) is 9.20. The zero-order valence-electron chi connectivity index (χ0n) is 27.9. The second kappa shape index (κ2) is 15.6. The van der Waals surface area contributed by atoms with Crippen LogP contribution >= 0.6 is 22.9 Å². The number of nitrogens with one attached hydrogen (secondary N) is 1. The van der Waals surface area contributed by atoms with E-state index in [1.165, 1.54) is 33.6 Å². The second-order valence-electron chi connectivity index (χ2n) is 13.6. The number of allylic oxidation sites excluding steroid dienone is 1. The fourth-order valence-electron chi connectivity index (χ4n) is 6.19. The maximum atomic E-state index is 12.8. The summed E-state index contributed by atoms with van der Waals surface area (Å²) in [4.78, 5) is 25.0. The molecule has 0 unspecified atom stereocenters. The summed E-state index contributed by atoms with van der Waals surface area (Å²) in [6.45, 7) is 13.1. The predicted octanol–water partition coefficient (Wildman–Crippen LogP) is 9.32. The number of halogens is 1. The minimum Gasteiger partial charge on any atom is -0.444 e. The van der Waals surface area contributed by atoms with Crippen LogP contribution in [0, 0.1) is 5.92 Å². The number of aromatic nitrogens is 3. The van der Waals surface area contributed by atoms with Crippen molar-refractivity contribution in [3.63, 3.8) is 0 Å². The summed E-state index contributed by atoms with van der Waals surface area (Å²) in [6, 6.07) is 13.3. The smallest absolute Gasteiger partial charge is 0.410 e. The highest BCUT2D eigenvalue weighted by Crippen LogP contribution is 2.41. The highest BCUT2D eigenvalue weighted by atomic mass is 35.5. The van der Waals surface area contributed by atoms with Crippen molar-refractivity contribution in [2.24, 2.45) is 5.92 Å². The van der Waals surface area contributed by atoms with Gasteiger partial charge in [0.05, 0.1) is 0 Å². The Morgan fingerprint density at radius 3 is 2.76 bits per heavy atom. The summed E-state index contributed by atoms with van der Waals surface area (Å²) in [5.74, 6) is 0.585.